The molecule has 1 aromatic carbocycles. The SMILES string of the molecule is CC(c1cccc(C(F)(F)F)c1)N(C)C(=O)CCC1CCNCC1. The molecule has 134 valence electrons. The molecule has 3 nitrogen and oxygen atoms in total. The standard InChI is InChI=1S/C18H25F3N2O/c1-13(15-4-3-5-16(12-15)18(19,20)21)23(2)17(24)7-6-14-8-10-22-11-9-14/h3-5,12-14,22H,6-11H2,1-2H3. The quantitative estimate of drug-likeness (QED) is 0.877. The van der Waals surface area contributed by atoms with Gasteiger partial charge in [0.25, 0.3) is 0 Å². The molecule has 0 bridgehead atoms. The number of alkyl halides is 3. The minimum absolute atomic E-state index is 0.0153. The average Bonchev–Trinajstić information content (AvgIpc) is 2.58. The minimum atomic E-state index is -4.37. The number of rotatable bonds is 5. The molecule has 1 amide bonds. The lowest BCUT2D eigenvalue weighted by atomic mass is 9.93. The van der Waals surface area contributed by atoms with Crippen molar-refractivity contribution in [1.82, 2.24) is 10.2 Å². The average molecular weight is 342 g/mol. The first-order chi connectivity index (χ1) is 11.3. The van der Waals surface area contributed by atoms with E-state index in [1.807, 2.05) is 0 Å². The predicted octanol–water partition coefficient (Wildman–Crippen LogP) is 4.00. The van der Waals surface area contributed by atoms with Crippen molar-refractivity contribution < 1.29 is 18.0 Å². The Bertz CT molecular complexity index is 553. The molecule has 1 heterocycles. The van der Waals surface area contributed by atoms with Crippen LogP contribution in [0.15, 0.2) is 24.3 Å². The van der Waals surface area contributed by atoms with E-state index in [4.69, 9.17) is 0 Å². The van der Waals surface area contributed by atoms with Crippen molar-refractivity contribution in [3.8, 4) is 0 Å². The Morgan fingerprint density at radius 1 is 1.33 bits per heavy atom. The highest BCUT2D eigenvalue weighted by molar-refractivity contribution is 5.76. The van der Waals surface area contributed by atoms with Crippen LogP contribution >= 0.6 is 0 Å². The Morgan fingerprint density at radius 2 is 2.00 bits per heavy atom. The van der Waals surface area contributed by atoms with E-state index >= 15 is 0 Å². The van der Waals surface area contributed by atoms with Crippen LogP contribution in [0.3, 0.4) is 0 Å². The molecule has 0 saturated carbocycles. The van der Waals surface area contributed by atoms with Gasteiger partial charge in [-0.1, -0.05) is 12.1 Å². The van der Waals surface area contributed by atoms with Crippen LogP contribution in [0.5, 0.6) is 0 Å². The van der Waals surface area contributed by atoms with E-state index in [2.05, 4.69) is 5.32 Å². The molecule has 1 atom stereocenters. The third-order valence-corrected chi connectivity index (χ3v) is 4.90. The molecule has 0 radical (unpaired) electrons. The third kappa shape index (κ3) is 4.97. The number of piperidine rings is 1. The number of nitrogens with zero attached hydrogens (tertiary/aromatic N) is 1. The molecule has 0 spiro atoms. The number of halogens is 3. The molecule has 1 saturated heterocycles. The first-order valence-corrected chi connectivity index (χ1v) is 8.42. The molecule has 1 aliphatic heterocycles. The maximum atomic E-state index is 12.8. The zero-order valence-corrected chi connectivity index (χ0v) is 14.2. The first-order valence-electron chi connectivity index (χ1n) is 8.42. The van der Waals surface area contributed by atoms with Gasteiger partial charge >= 0.3 is 6.18 Å². The Labute approximate surface area is 141 Å². The number of nitrogens with one attached hydrogen (secondary N) is 1. The third-order valence-electron chi connectivity index (χ3n) is 4.90. The second-order valence-electron chi connectivity index (χ2n) is 6.54. The van der Waals surface area contributed by atoms with Gasteiger partial charge in [-0.2, -0.15) is 13.2 Å². The number of hydrogen-bond acceptors (Lipinski definition) is 2. The number of benzene rings is 1. The number of carbonyl (C=O) groups is 1. The number of carbonyl (C=O) groups excluding carboxylic acids is 1. The Hall–Kier alpha value is -1.56. The van der Waals surface area contributed by atoms with Crippen LogP contribution in [0.4, 0.5) is 13.2 Å². The van der Waals surface area contributed by atoms with E-state index < -0.39 is 11.7 Å². The van der Waals surface area contributed by atoms with E-state index in [0.717, 1.165) is 44.5 Å². The summed E-state index contributed by atoms with van der Waals surface area (Å²) in [6, 6.07) is 4.82. The maximum absolute atomic E-state index is 12.8. The van der Waals surface area contributed by atoms with Crippen molar-refractivity contribution >= 4 is 5.91 Å². The van der Waals surface area contributed by atoms with Crippen molar-refractivity contribution in [3.05, 3.63) is 35.4 Å². The van der Waals surface area contributed by atoms with Gasteiger partial charge in [0.05, 0.1) is 11.6 Å². The molecule has 1 unspecified atom stereocenters. The highest BCUT2D eigenvalue weighted by Gasteiger charge is 2.31. The first kappa shape index (κ1) is 18.8. The summed E-state index contributed by atoms with van der Waals surface area (Å²) in [5.41, 5.74) is -0.176. The fourth-order valence-corrected chi connectivity index (χ4v) is 3.09. The van der Waals surface area contributed by atoms with Crippen LogP contribution in [0, 0.1) is 5.92 Å². The smallest absolute Gasteiger partial charge is 0.339 e. The van der Waals surface area contributed by atoms with Gasteiger partial charge in [0, 0.05) is 13.5 Å². The lowest BCUT2D eigenvalue weighted by Gasteiger charge is -2.27. The summed E-state index contributed by atoms with van der Waals surface area (Å²) in [7, 11) is 1.66. The van der Waals surface area contributed by atoms with Crippen molar-refractivity contribution in [1.29, 1.82) is 0 Å². The second-order valence-corrected chi connectivity index (χ2v) is 6.54. The van der Waals surface area contributed by atoms with Crippen molar-refractivity contribution in [3.63, 3.8) is 0 Å². The molecule has 0 aromatic heterocycles. The Morgan fingerprint density at radius 3 is 2.62 bits per heavy atom. The van der Waals surface area contributed by atoms with E-state index in [0.29, 0.717) is 17.9 Å². The topological polar surface area (TPSA) is 32.3 Å². The molecule has 24 heavy (non-hydrogen) atoms. The molecule has 1 aromatic rings. The van der Waals surface area contributed by atoms with Gasteiger partial charge in [0.1, 0.15) is 0 Å². The minimum Gasteiger partial charge on any atom is -0.339 e. The molecular formula is C18H25F3N2O. The van der Waals surface area contributed by atoms with E-state index in [1.54, 1.807) is 24.9 Å². The molecule has 1 aliphatic rings. The van der Waals surface area contributed by atoms with Crippen LogP contribution in [0.25, 0.3) is 0 Å². The number of amides is 1. The Kier molecular flexibility index (Phi) is 6.27. The normalized spacial score (nSPS) is 17.5. The predicted molar refractivity (Wildman–Crippen MR) is 87.5 cm³/mol. The molecular weight excluding hydrogens is 317 g/mol. The van der Waals surface area contributed by atoms with Gasteiger partial charge < -0.3 is 10.2 Å². The highest BCUT2D eigenvalue weighted by atomic mass is 19.4. The van der Waals surface area contributed by atoms with Gasteiger partial charge in [-0.3, -0.25) is 4.79 Å². The van der Waals surface area contributed by atoms with Crippen LogP contribution in [-0.2, 0) is 11.0 Å². The zero-order valence-electron chi connectivity index (χ0n) is 14.2. The second kappa shape index (κ2) is 8.01. The van der Waals surface area contributed by atoms with Crippen molar-refractivity contribution in [2.45, 2.75) is 44.8 Å². The van der Waals surface area contributed by atoms with E-state index in [-0.39, 0.29) is 11.9 Å². The lowest BCUT2D eigenvalue weighted by molar-refractivity contribution is -0.137. The summed E-state index contributed by atoms with van der Waals surface area (Å²) < 4.78 is 38.5. The van der Waals surface area contributed by atoms with Gasteiger partial charge in [0.15, 0.2) is 0 Å². The van der Waals surface area contributed by atoms with Gasteiger partial charge in [-0.05, 0) is 62.9 Å². The fraction of sp³-hybridized carbons (Fsp3) is 0.611. The van der Waals surface area contributed by atoms with E-state index in [1.165, 1.54) is 6.07 Å². The maximum Gasteiger partial charge on any atom is 0.416 e. The fourth-order valence-electron chi connectivity index (χ4n) is 3.09. The highest BCUT2D eigenvalue weighted by Crippen LogP contribution is 2.32. The summed E-state index contributed by atoms with van der Waals surface area (Å²) in [5.74, 6) is 0.547. The zero-order chi connectivity index (χ0) is 17.7. The summed E-state index contributed by atoms with van der Waals surface area (Å²) >= 11 is 0. The molecule has 2 rings (SSSR count). The summed E-state index contributed by atoms with van der Waals surface area (Å²) in [5, 5.41) is 3.30. The Balaban J connectivity index is 1.95. The monoisotopic (exact) mass is 342 g/mol. The lowest BCUT2D eigenvalue weighted by Crippen LogP contribution is -2.31. The summed E-state index contributed by atoms with van der Waals surface area (Å²) in [6.45, 7) is 3.75. The summed E-state index contributed by atoms with van der Waals surface area (Å²) in [4.78, 5) is 13.9. The molecule has 1 N–H and O–H groups in total. The largest absolute Gasteiger partial charge is 0.416 e. The van der Waals surface area contributed by atoms with Crippen LogP contribution < -0.4 is 5.32 Å². The van der Waals surface area contributed by atoms with Gasteiger partial charge in [-0.25, -0.2) is 0 Å². The molecule has 1 fully saturated rings. The number of hydrogen-bond donors (Lipinski definition) is 1. The van der Waals surface area contributed by atoms with Crippen LogP contribution in [0.1, 0.15) is 49.8 Å². The van der Waals surface area contributed by atoms with Crippen LogP contribution in [-0.4, -0.2) is 30.9 Å². The summed E-state index contributed by atoms with van der Waals surface area (Å²) in [6.07, 6.45) is -0.904. The van der Waals surface area contributed by atoms with E-state index in [9.17, 15) is 18.0 Å². The van der Waals surface area contributed by atoms with Crippen LogP contribution in [0.2, 0.25) is 0 Å². The van der Waals surface area contributed by atoms with Crippen molar-refractivity contribution in [2.24, 2.45) is 5.92 Å². The molecule has 0 aliphatic carbocycles. The van der Waals surface area contributed by atoms with Gasteiger partial charge in [0.2, 0.25) is 5.91 Å². The molecule has 6 heteroatoms. The van der Waals surface area contributed by atoms with Gasteiger partial charge in [-0.15, -0.1) is 0 Å². The van der Waals surface area contributed by atoms with Crippen molar-refractivity contribution in [2.75, 3.05) is 20.1 Å².